The van der Waals surface area contributed by atoms with E-state index >= 15 is 0 Å². The molecule has 0 heterocycles. The van der Waals surface area contributed by atoms with Gasteiger partial charge in [-0.3, -0.25) is 4.79 Å². The van der Waals surface area contributed by atoms with Crippen LogP contribution < -0.4 is 10.6 Å². The van der Waals surface area contributed by atoms with E-state index in [4.69, 9.17) is 9.47 Å². The van der Waals surface area contributed by atoms with Crippen molar-refractivity contribution in [2.45, 2.75) is 51.7 Å². The van der Waals surface area contributed by atoms with Crippen LogP contribution in [0.25, 0.3) is 0 Å². The van der Waals surface area contributed by atoms with Crippen molar-refractivity contribution in [2.75, 3.05) is 47.0 Å². The van der Waals surface area contributed by atoms with Gasteiger partial charge in [0.2, 0.25) is 5.91 Å². The molecule has 1 aromatic rings. The lowest BCUT2D eigenvalue weighted by atomic mass is 9.86. The number of nitrogens with one attached hydrogen (secondary N) is 2. The summed E-state index contributed by atoms with van der Waals surface area (Å²) in [5.41, 5.74) is 1.17. The molecule has 0 aromatic heterocycles. The molecule has 1 aromatic carbocycles. The Labute approximate surface area is 210 Å². The second-order valence-electron chi connectivity index (χ2n) is 8.40. The number of carbonyl (C=O) groups excluding carboxylic acids is 1. The maximum atomic E-state index is 11.9. The number of guanidine groups is 1. The van der Waals surface area contributed by atoms with Crippen molar-refractivity contribution >= 4 is 35.8 Å². The SMILES string of the molecule is CC1CCCCC1NC(=NCC(=O)N(C)C)NCCCOCCOCc1ccccc1.I. The van der Waals surface area contributed by atoms with Crippen molar-refractivity contribution in [1.82, 2.24) is 15.5 Å². The molecule has 1 aliphatic rings. The normalized spacial score (nSPS) is 18.5. The third-order valence-corrected chi connectivity index (χ3v) is 5.55. The van der Waals surface area contributed by atoms with Gasteiger partial charge >= 0.3 is 0 Å². The predicted octanol–water partition coefficient (Wildman–Crippen LogP) is 3.43. The molecule has 2 rings (SSSR count). The molecule has 0 radical (unpaired) electrons. The number of hydrogen-bond donors (Lipinski definition) is 2. The maximum Gasteiger partial charge on any atom is 0.243 e. The largest absolute Gasteiger partial charge is 0.379 e. The molecule has 0 spiro atoms. The van der Waals surface area contributed by atoms with Crippen molar-refractivity contribution < 1.29 is 14.3 Å². The summed E-state index contributed by atoms with van der Waals surface area (Å²) in [5.74, 6) is 1.33. The first kappa shape index (κ1) is 28.6. The average Bonchev–Trinajstić information content (AvgIpc) is 2.77. The lowest BCUT2D eigenvalue weighted by molar-refractivity contribution is -0.127. The number of ether oxygens (including phenoxy) is 2. The first-order chi connectivity index (χ1) is 15.1. The van der Waals surface area contributed by atoms with Crippen molar-refractivity contribution in [3.8, 4) is 0 Å². The number of carbonyl (C=O) groups is 1. The van der Waals surface area contributed by atoms with E-state index in [0.717, 1.165) is 25.3 Å². The third-order valence-electron chi connectivity index (χ3n) is 5.55. The van der Waals surface area contributed by atoms with E-state index in [1.54, 1.807) is 19.0 Å². The molecule has 1 saturated carbocycles. The van der Waals surface area contributed by atoms with Crippen LogP contribution >= 0.6 is 24.0 Å². The molecule has 0 aliphatic heterocycles. The fourth-order valence-electron chi connectivity index (χ4n) is 3.51. The van der Waals surface area contributed by atoms with Crippen molar-refractivity contribution in [3.63, 3.8) is 0 Å². The summed E-state index contributed by atoms with van der Waals surface area (Å²) in [5, 5.41) is 6.90. The molecule has 1 amide bonds. The molecule has 2 unspecified atom stereocenters. The number of aliphatic imine (C=N–C) groups is 1. The molecule has 32 heavy (non-hydrogen) atoms. The zero-order valence-electron chi connectivity index (χ0n) is 19.8. The second-order valence-corrected chi connectivity index (χ2v) is 8.40. The zero-order chi connectivity index (χ0) is 22.3. The van der Waals surface area contributed by atoms with Crippen molar-refractivity contribution in [1.29, 1.82) is 0 Å². The summed E-state index contributed by atoms with van der Waals surface area (Å²) in [6, 6.07) is 10.6. The van der Waals surface area contributed by atoms with E-state index in [2.05, 4.69) is 34.7 Å². The Morgan fingerprint density at radius 2 is 1.81 bits per heavy atom. The Morgan fingerprint density at radius 3 is 2.53 bits per heavy atom. The minimum Gasteiger partial charge on any atom is -0.379 e. The van der Waals surface area contributed by atoms with Crippen LogP contribution in [-0.4, -0.2) is 69.8 Å². The van der Waals surface area contributed by atoms with Gasteiger partial charge in [0.05, 0.1) is 19.8 Å². The Morgan fingerprint density at radius 1 is 1.09 bits per heavy atom. The van der Waals surface area contributed by atoms with Gasteiger partial charge in [-0.1, -0.05) is 50.1 Å². The van der Waals surface area contributed by atoms with Gasteiger partial charge < -0.3 is 25.0 Å². The highest BCUT2D eigenvalue weighted by molar-refractivity contribution is 14.0. The van der Waals surface area contributed by atoms with Crippen LogP contribution in [0, 0.1) is 5.92 Å². The maximum absolute atomic E-state index is 11.9. The Bertz CT molecular complexity index is 658. The Balaban J connectivity index is 0.00000512. The van der Waals surface area contributed by atoms with E-state index in [1.807, 2.05) is 18.2 Å². The molecule has 2 N–H and O–H groups in total. The number of hydrogen-bond acceptors (Lipinski definition) is 4. The first-order valence-corrected chi connectivity index (χ1v) is 11.5. The topological polar surface area (TPSA) is 75.2 Å². The van der Waals surface area contributed by atoms with Gasteiger partial charge in [0.1, 0.15) is 6.54 Å². The lowest BCUT2D eigenvalue weighted by Gasteiger charge is -2.31. The highest BCUT2D eigenvalue weighted by atomic mass is 127. The van der Waals surface area contributed by atoms with Gasteiger partial charge in [0.25, 0.3) is 0 Å². The van der Waals surface area contributed by atoms with E-state index in [1.165, 1.54) is 24.8 Å². The van der Waals surface area contributed by atoms with Crippen LogP contribution in [-0.2, 0) is 20.9 Å². The molecule has 0 saturated heterocycles. The van der Waals surface area contributed by atoms with Gasteiger partial charge in [-0.15, -0.1) is 24.0 Å². The standard InChI is InChI=1S/C24H40N4O3.HI/c1-20-10-7-8-13-22(20)27-24(26-18-23(29)28(2)3)25-14-9-15-30-16-17-31-19-21-11-5-4-6-12-21;/h4-6,11-12,20,22H,7-10,13-19H2,1-3H3,(H2,25,26,27);1H. The number of halogens is 1. The second kappa shape index (κ2) is 17.1. The number of rotatable bonds is 12. The molecular weight excluding hydrogens is 519 g/mol. The van der Waals surface area contributed by atoms with E-state index < -0.39 is 0 Å². The van der Waals surface area contributed by atoms with Crippen LogP contribution in [0.4, 0.5) is 0 Å². The minimum absolute atomic E-state index is 0. The first-order valence-electron chi connectivity index (χ1n) is 11.5. The average molecular weight is 561 g/mol. The van der Waals surface area contributed by atoms with Crippen LogP contribution in [0.1, 0.15) is 44.6 Å². The summed E-state index contributed by atoms with van der Waals surface area (Å²) in [7, 11) is 3.50. The van der Waals surface area contributed by atoms with E-state index in [9.17, 15) is 4.79 Å². The number of amides is 1. The molecule has 0 bridgehead atoms. The van der Waals surface area contributed by atoms with Crippen LogP contribution in [0.15, 0.2) is 35.3 Å². The monoisotopic (exact) mass is 560 g/mol. The Hall–Kier alpha value is -1.39. The lowest BCUT2D eigenvalue weighted by Crippen LogP contribution is -2.48. The van der Waals surface area contributed by atoms with Crippen LogP contribution in [0.5, 0.6) is 0 Å². The predicted molar refractivity (Wildman–Crippen MR) is 141 cm³/mol. The summed E-state index contributed by atoms with van der Waals surface area (Å²) >= 11 is 0. The summed E-state index contributed by atoms with van der Waals surface area (Å²) in [6.45, 7) is 5.62. The third kappa shape index (κ3) is 12.0. The highest BCUT2D eigenvalue weighted by Crippen LogP contribution is 2.23. The van der Waals surface area contributed by atoms with Gasteiger partial charge in [0.15, 0.2) is 5.96 Å². The number of likely N-dealkylation sites (N-methyl/N-ethyl adjacent to an activating group) is 1. The highest BCUT2D eigenvalue weighted by Gasteiger charge is 2.22. The zero-order valence-corrected chi connectivity index (χ0v) is 22.2. The summed E-state index contributed by atoms with van der Waals surface area (Å²) in [6.07, 6.45) is 5.79. The summed E-state index contributed by atoms with van der Waals surface area (Å²) < 4.78 is 11.3. The number of benzene rings is 1. The molecule has 7 nitrogen and oxygen atoms in total. The van der Waals surface area contributed by atoms with Crippen LogP contribution in [0.3, 0.4) is 0 Å². The van der Waals surface area contributed by atoms with Crippen molar-refractivity contribution in [3.05, 3.63) is 35.9 Å². The molecule has 1 aliphatic carbocycles. The smallest absolute Gasteiger partial charge is 0.243 e. The van der Waals surface area contributed by atoms with E-state index in [0.29, 0.717) is 38.4 Å². The quantitative estimate of drug-likeness (QED) is 0.177. The van der Waals surface area contributed by atoms with Gasteiger partial charge in [-0.2, -0.15) is 0 Å². The van der Waals surface area contributed by atoms with Crippen molar-refractivity contribution in [2.24, 2.45) is 10.9 Å². The number of nitrogens with zero attached hydrogens (tertiary/aromatic N) is 2. The molecule has 182 valence electrons. The fourth-order valence-corrected chi connectivity index (χ4v) is 3.51. The molecule has 8 heteroatoms. The van der Waals surface area contributed by atoms with Gasteiger partial charge in [-0.05, 0) is 30.7 Å². The van der Waals surface area contributed by atoms with E-state index in [-0.39, 0.29) is 36.4 Å². The van der Waals surface area contributed by atoms with Gasteiger partial charge in [0, 0.05) is 33.3 Å². The Kier molecular flexibility index (Phi) is 15.3. The van der Waals surface area contributed by atoms with Gasteiger partial charge in [-0.25, -0.2) is 4.99 Å². The molecular formula is C24H41IN4O3. The molecule has 2 atom stereocenters. The fraction of sp³-hybridized carbons (Fsp3) is 0.667. The minimum atomic E-state index is -0.00312. The van der Waals surface area contributed by atoms with Crippen LogP contribution in [0.2, 0.25) is 0 Å². The summed E-state index contributed by atoms with van der Waals surface area (Å²) in [4.78, 5) is 18.0. The molecule has 1 fully saturated rings.